The number of rotatable bonds is 6. The molecule has 0 bridgehead atoms. The minimum atomic E-state index is -0.645. The quantitative estimate of drug-likeness (QED) is 0.664. The van der Waals surface area contributed by atoms with E-state index in [0.717, 1.165) is 18.8 Å². The monoisotopic (exact) mass is 254 g/mol. The van der Waals surface area contributed by atoms with Crippen LogP contribution in [0.2, 0.25) is 0 Å². The summed E-state index contributed by atoms with van der Waals surface area (Å²) in [4.78, 5) is 10.4. The van der Waals surface area contributed by atoms with Gasteiger partial charge in [-0.1, -0.05) is 77.0 Å². The van der Waals surface area contributed by atoms with Crippen LogP contribution in [0.4, 0.5) is 0 Å². The van der Waals surface area contributed by atoms with Crippen molar-refractivity contribution in [3.63, 3.8) is 0 Å². The predicted molar refractivity (Wildman–Crippen MR) is 75.8 cm³/mol. The van der Waals surface area contributed by atoms with Crippen molar-refractivity contribution in [1.82, 2.24) is 0 Å². The minimum Gasteiger partial charge on any atom is -0.481 e. The Hall–Kier alpha value is -0.530. The lowest BCUT2D eigenvalue weighted by atomic mass is 9.88. The standard InChI is InChI=1S/C16H30O2/c17-16(18)14-10-6-9-13-15-11-7-4-2-1-3-5-8-12-15/h15H,1-14H2,(H,17,18). The van der Waals surface area contributed by atoms with Gasteiger partial charge in [-0.2, -0.15) is 0 Å². The number of unbranched alkanes of at least 4 members (excludes halogenated alkanes) is 2. The zero-order valence-corrected chi connectivity index (χ0v) is 11.8. The van der Waals surface area contributed by atoms with Crippen LogP contribution in [-0.4, -0.2) is 11.1 Å². The summed E-state index contributed by atoms with van der Waals surface area (Å²) in [5.41, 5.74) is 0. The first-order valence-electron chi connectivity index (χ1n) is 8.01. The highest BCUT2D eigenvalue weighted by molar-refractivity contribution is 5.66. The fraction of sp³-hybridized carbons (Fsp3) is 0.938. The topological polar surface area (TPSA) is 37.3 Å². The molecule has 1 N–H and O–H groups in total. The summed E-state index contributed by atoms with van der Waals surface area (Å²) in [5.74, 6) is 0.279. The molecule has 0 heterocycles. The number of carbonyl (C=O) groups is 1. The molecule has 18 heavy (non-hydrogen) atoms. The molecule has 1 fully saturated rings. The second-order valence-corrected chi connectivity index (χ2v) is 5.91. The maximum absolute atomic E-state index is 10.4. The van der Waals surface area contributed by atoms with Crippen LogP contribution in [0.5, 0.6) is 0 Å². The molecular formula is C16H30O2. The molecule has 0 unspecified atom stereocenters. The average Bonchev–Trinajstić information content (AvgIpc) is 2.36. The van der Waals surface area contributed by atoms with Crippen LogP contribution in [0.25, 0.3) is 0 Å². The molecule has 1 aliphatic rings. The number of aliphatic carboxylic acids is 1. The van der Waals surface area contributed by atoms with E-state index in [9.17, 15) is 4.79 Å². The molecule has 1 rings (SSSR count). The first-order valence-corrected chi connectivity index (χ1v) is 8.01. The predicted octanol–water partition coefficient (Wildman–Crippen LogP) is 5.16. The highest BCUT2D eigenvalue weighted by Crippen LogP contribution is 2.25. The van der Waals surface area contributed by atoms with E-state index >= 15 is 0 Å². The van der Waals surface area contributed by atoms with Crippen molar-refractivity contribution in [2.24, 2.45) is 5.92 Å². The fourth-order valence-corrected chi connectivity index (χ4v) is 3.07. The highest BCUT2D eigenvalue weighted by Gasteiger charge is 2.10. The molecule has 0 aliphatic heterocycles. The van der Waals surface area contributed by atoms with Gasteiger partial charge < -0.3 is 5.11 Å². The van der Waals surface area contributed by atoms with Gasteiger partial charge in [-0.05, 0) is 12.3 Å². The minimum absolute atomic E-state index is 0.352. The van der Waals surface area contributed by atoms with E-state index in [1.807, 2.05) is 0 Å². The summed E-state index contributed by atoms with van der Waals surface area (Å²) in [6, 6.07) is 0. The largest absolute Gasteiger partial charge is 0.481 e. The van der Waals surface area contributed by atoms with Gasteiger partial charge in [0.2, 0.25) is 0 Å². The van der Waals surface area contributed by atoms with E-state index in [-0.39, 0.29) is 0 Å². The van der Waals surface area contributed by atoms with Crippen molar-refractivity contribution in [3.05, 3.63) is 0 Å². The van der Waals surface area contributed by atoms with Crippen LogP contribution in [-0.2, 0) is 4.79 Å². The lowest BCUT2D eigenvalue weighted by molar-refractivity contribution is -0.137. The molecule has 2 heteroatoms. The van der Waals surface area contributed by atoms with Gasteiger partial charge in [-0.25, -0.2) is 0 Å². The van der Waals surface area contributed by atoms with E-state index in [2.05, 4.69) is 0 Å². The van der Waals surface area contributed by atoms with Gasteiger partial charge >= 0.3 is 5.97 Å². The smallest absolute Gasteiger partial charge is 0.303 e. The number of hydrogen-bond donors (Lipinski definition) is 1. The Morgan fingerprint density at radius 3 is 1.94 bits per heavy atom. The molecule has 0 saturated heterocycles. The SMILES string of the molecule is O=C(O)CCCCCC1CCCCCCCCC1. The Morgan fingerprint density at radius 2 is 1.39 bits per heavy atom. The Morgan fingerprint density at radius 1 is 0.833 bits per heavy atom. The molecule has 2 nitrogen and oxygen atoms in total. The van der Waals surface area contributed by atoms with Crippen molar-refractivity contribution in [2.45, 2.75) is 89.9 Å². The summed E-state index contributed by atoms with van der Waals surface area (Å²) in [6.45, 7) is 0. The number of carboxylic acid groups (broad SMARTS) is 1. The Kier molecular flexibility index (Phi) is 8.97. The first-order chi connectivity index (χ1) is 8.79. The van der Waals surface area contributed by atoms with Crippen molar-refractivity contribution in [1.29, 1.82) is 0 Å². The molecule has 1 aliphatic carbocycles. The normalized spacial score (nSPS) is 19.6. The second-order valence-electron chi connectivity index (χ2n) is 5.91. The molecule has 0 aromatic rings. The van der Waals surface area contributed by atoms with E-state index in [0.29, 0.717) is 6.42 Å². The summed E-state index contributed by atoms with van der Waals surface area (Å²) in [7, 11) is 0. The highest BCUT2D eigenvalue weighted by atomic mass is 16.4. The van der Waals surface area contributed by atoms with Crippen LogP contribution < -0.4 is 0 Å². The van der Waals surface area contributed by atoms with Gasteiger partial charge in [0.1, 0.15) is 0 Å². The number of carboxylic acids is 1. The van der Waals surface area contributed by atoms with Gasteiger partial charge in [0.15, 0.2) is 0 Å². The maximum Gasteiger partial charge on any atom is 0.303 e. The first kappa shape index (κ1) is 15.5. The third-order valence-corrected chi connectivity index (χ3v) is 4.23. The Bertz CT molecular complexity index is 203. The summed E-state index contributed by atoms with van der Waals surface area (Å²) < 4.78 is 0. The molecule has 0 amide bonds. The van der Waals surface area contributed by atoms with Crippen molar-refractivity contribution in [2.75, 3.05) is 0 Å². The molecule has 106 valence electrons. The van der Waals surface area contributed by atoms with E-state index in [1.54, 1.807) is 0 Å². The summed E-state index contributed by atoms with van der Waals surface area (Å²) >= 11 is 0. The van der Waals surface area contributed by atoms with Crippen molar-refractivity contribution in [3.8, 4) is 0 Å². The summed E-state index contributed by atoms with van der Waals surface area (Å²) in [6.07, 6.45) is 17.7. The van der Waals surface area contributed by atoms with Crippen molar-refractivity contribution >= 4 is 5.97 Å². The van der Waals surface area contributed by atoms with Crippen molar-refractivity contribution < 1.29 is 9.90 Å². The van der Waals surface area contributed by atoms with E-state index in [4.69, 9.17) is 5.11 Å². The maximum atomic E-state index is 10.4. The van der Waals surface area contributed by atoms with Gasteiger partial charge in [0, 0.05) is 6.42 Å². The molecule has 0 radical (unpaired) electrons. The molecule has 0 spiro atoms. The van der Waals surface area contributed by atoms with Crippen LogP contribution in [0, 0.1) is 5.92 Å². The fourth-order valence-electron chi connectivity index (χ4n) is 3.07. The molecule has 1 saturated carbocycles. The van der Waals surface area contributed by atoms with Crippen LogP contribution in [0.3, 0.4) is 0 Å². The molecule has 0 aromatic carbocycles. The number of hydrogen-bond acceptors (Lipinski definition) is 1. The van der Waals surface area contributed by atoms with Gasteiger partial charge in [0.25, 0.3) is 0 Å². The third kappa shape index (κ3) is 8.54. The zero-order valence-electron chi connectivity index (χ0n) is 11.8. The van der Waals surface area contributed by atoms with Crippen LogP contribution in [0.15, 0.2) is 0 Å². The molecular weight excluding hydrogens is 224 g/mol. The lowest BCUT2D eigenvalue weighted by Gasteiger charge is -2.18. The second kappa shape index (κ2) is 10.4. The summed E-state index contributed by atoms with van der Waals surface area (Å²) in [5, 5.41) is 8.59. The van der Waals surface area contributed by atoms with Gasteiger partial charge in [-0.3, -0.25) is 4.79 Å². The van der Waals surface area contributed by atoms with Gasteiger partial charge in [0.05, 0.1) is 0 Å². The van der Waals surface area contributed by atoms with Crippen LogP contribution in [0.1, 0.15) is 89.9 Å². The Balaban J connectivity index is 2.07. The zero-order chi connectivity index (χ0) is 13.1. The Labute approximate surface area is 112 Å². The lowest BCUT2D eigenvalue weighted by Crippen LogP contribution is -2.03. The third-order valence-electron chi connectivity index (χ3n) is 4.23. The molecule has 0 atom stereocenters. The van der Waals surface area contributed by atoms with Crippen LogP contribution >= 0.6 is 0 Å². The van der Waals surface area contributed by atoms with E-state index < -0.39 is 5.97 Å². The van der Waals surface area contributed by atoms with Gasteiger partial charge in [-0.15, -0.1) is 0 Å². The van der Waals surface area contributed by atoms with E-state index in [1.165, 1.54) is 70.6 Å². The molecule has 0 aromatic heterocycles. The average molecular weight is 254 g/mol.